The third kappa shape index (κ3) is 4.43. The average Bonchev–Trinajstić information content (AvgIpc) is 2.74. The second-order valence-electron chi connectivity index (χ2n) is 6.77. The third-order valence-corrected chi connectivity index (χ3v) is 4.81. The van der Waals surface area contributed by atoms with Crippen LogP contribution in [0.25, 0.3) is 10.9 Å². The molecule has 2 amide bonds. The molecule has 0 unspecified atom stereocenters. The largest absolute Gasteiger partial charge is 0.506 e. The summed E-state index contributed by atoms with van der Waals surface area (Å²) in [5, 5.41) is 13.6. The number of methoxy groups -OCH3 is 1. The van der Waals surface area contributed by atoms with Crippen LogP contribution in [0.4, 0.5) is 0 Å². The Bertz CT molecular complexity index is 1140. The molecule has 0 saturated heterocycles. The SMILES string of the molecule is COc1ccc(CCNC(=O)c2c(O)c3ccccc3n(CCC(N)=O)c2=O)cc1. The van der Waals surface area contributed by atoms with Crippen LogP contribution in [0.5, 0.6) is 11.5 Å². The predicted molar refractivity (Wildman–Crippen MR) is 113 cm³/mol. The van der Waals surface area contributed by atoms with Gasteiger partial charge < -0.3 is 25.5 Å². The molecule has 3 rings (SSSR count). The number of hydrogen-bond donors (Lipinski definition) is 3. The Kier molecular flexibility index (Phi) is 6.36. The van der Waals surface area contributed by atoms with Crippen LogP contribution >= 0.6 is 0 Å². The molecule has 30 heavy (non-hydrogen) atoms. The minimum absolute atomic E-state index is 0.0150. The van der Waals surface area contributed by atoms with Gasteiger partial charge in [0.1, 0.15) is 17.1 Å². The van der Waals surface area contributed by atoms with Crippen LogP contribution in [-0.4, -0.2) is 35.1 Å². The van der Waals surface area contributed by atoms with E-state index in [1.807, 2.05) is 24.3 Å². The summed E-state index contributed by atoms with van der Waals surface area (Å²) >= 11 is 0. The molecular weight excluding hydrogens is 386 g/mol. The summed E-state index contributed by atoms with van der Waals surface area (Å²) in [4.78, 5) is 36.8. The minimum Gasteiger partial charge on any atom is -0.506 e. The number of benzene rings is 2. The maximum Gasteiger partial charge on any atom is 0.267 e. The average molecular weight is 409 g/mol. The van der Waals surface area contributed by atoms with Gasteiger partial charge in [-0.1, -0.05) is 24.3 Å². The molecule has 0 atom stereocenters. The van der Waals surface area contributed by atoms with Gasteiger partial charge in [0.05, 0.1) is 12.6 Å². The Morgan fingerprint density at radius 2 is 1.83 bits per heavy atom. The Labute approximate surface area is 172 Å². The van der Waals surface area contributed by atoms with E-state index in [0.717, 1.165) is 11.3 Å². The molecule has 8 heteroatoms. The first-order chi connectivity index (χ1) is 14.4. The first-order valence-electron chi connectivity index (χ1n) is 9.46. The van der Waals surface area contributed by atoms with Gasteiger partial charge in [0, 0.05) is 24.9 Å². The molecule has 4 N–H and O–H groups in total. The molecule has 1 heterocycles. The summed E-state index contributed by atoms with van der Waals surface area (Å²) in [6.07, 6.45) is 0.479. The van der Waals surface area contributed by atoms with Crippen molar-refractivity contribution < 1.29 is 19.4 Å². The number of pyridine rings is 1. The lowest BCUT2D eigenvalue weighted by atomic mass is 10.1. The highest BCUT2D eigenvalue weighted by Crippen LogP contribution is 2.26. The summed E-state index contributed by atoms with van der Waals surface area (Å²) in [6.45, 7) is 0.291. The van der Waals surface area contributed by atoms with Crippen molar-refractivity contribution in [3.63, 3.8) is 0 Å². The zero-order valence-corrected chi connectivity index (χ0v) is 16.6. The lowest BCUT2D eigenvalue weighted by Gasteiger charge is -2.14. The monoisotopic (exact) mass is 409 g/mol. The Balaban J connectivity index is 1.85. The third-order valence-electron chi connectivity index (χ3n) is 4.81. The van der Waals surface area contributed by atoms with E-state index in [4.69, 9.17) is 10.5 Å². The fraction of sp³-hybridized carbons (Fsp3) is 0.227. The van der Waals surface area contributed by atoms with Gasteiger partial charge >= 0.3 is 0 Å². The number of para-hydroxylation sites is 1. The molecule has 8 nitrogen and oxygen atoms in total. The summed E-state index contributed by atoms with van der Waals surface area (Å²) in [5.74, 6) is -0.887. The van der Waals surface area contributed by atoms with Crippen LogP contribution in [-0.2, 0) is 17.8 Å². The molecule has 156 valence electrons. The number of rotatable bonds is 8. The molecule has 1 aromatic heterocycles. The molecule has 0 fully saturated rings. The molecule has 0 radical (unpaired) electrons. The highest BCUT2D eigenvalue weighted by Gasteiger charge is 2.22. The van der Waals surface area contributed by atoms with Crippen molar-refractivity contribution in [2.75, 3.05) is 13.7 Å². The molecule has 0 saturated carbocycles. The number of hydrogen-bond acceptors (Lipinski definition) is 5. The van der Waals surface area contributed by atoms with E-state index in [9.17, 15) is 19.5 Å². The van der Waals surface area contributed by atoms with Crippen LogP contribution in [0.15, 0.2) is 53.3 Å². The predicted octanol–water partition coefficient (Wildman–Crippen LogP) is 1.56. The Hall–Kier alpha value is -3.81. The van der Waals surface area contributed by atoms with E-state index in [2.05, 4.69) is 5.32 Å². The van der Waals surface area contributed by atoms with Gasteiger partial charge in [0.2, 0.25) is 5.91 Å². The summed E-state index contributed by atoms with van der Waals surface area (Å²) in [7, 11) is 1.58. The Morgan fingerprint density at radius 3 is 2.50 bits per heavy atom. The molecule has 0 aliphatic rings. The van der Waals surface area contributed by atoms with Crippen molar-refractivity contribution in [2.45, 2.75) is 19.4 Å². The number of ether oxygens (including phenoxy) is 1. The van der Waals surface area contributed by atoms with E-state index >= 15 is 0 Å². The maximum absolute atomic E-state index is 12.9. The number of aromatic nitrogens is 1. The van der Waals surface area contributed by atoms with Crippen LogP contribution in [0.1, 0.15) is 22.3 Å². The molecule has 0 spiro atoms. The van der Waals surface area contributed by atoms with Crippen molar-refractivity contribution in [1.82, 2.24) is 9.88 Å². The number of fused-ring (bicyclic) bond motifs is 1. The van der Waals surface area contributed by atoms with Crippen molar-refractivity contribution in [2.24, 2.45) is 5.73 Å². The minimum atomic E-state index is -0.676. The number of primary amides is 1. The maximum atomic E-state index is 12.9. The highest BCUT2D eigenvalue weighted by molar-refractivity contribution is 6.02. The van der Waals surface area contributed by atoms with Gasteiger partial charge in [0.25, 0.3) is 11.5 Å². The first kappa shape index (κ1) is 20.9. The molecule has 2 aromatic carbocycles. The standard InChI is InChI=1S/C22H23N3O5/c1-30-15-8-6-14(7-9-15)10-12-24-21(28)19-20(27)16-4-2-3-5-17(16)25(22(19)29)13-11-18(23)26/h2-9,27H,10-13H2,1H3,(H2,23,26)(H,24,28). The summed E-state index contributed by atoms with van der Waals surface area (Å²) < 4.78 is 6.40. The molecule has 3 aromatic rings. The topological polar surface area (TPSA) is 124 Å². The van der Waals surface area contributed by atoms with Crippen LogP contribution < -0.4 is 21.3 Å². The van der Waals surface area contributed by atoms with Crippen molar-refractivity contribution in [3.8, 4) is 11.5 Å². The van der Waals surface area contributed by atoms with Crippen molar-refractivity contribution in [1.29, 1.82) is 0 Å². The summed E-state index contributed by atoms with van der Waals surface area (Å²) in [5.41, 5.74) is 5.60. The lowest BCUT2D eigenvalue weighted by molar-refractivity contribution is -0.118. The van der Waals surface area contributed by atoms with E-state index in [0.29, 0.717) is 17.3 Å². The van der Waals surface area contributed by atoms with Gasteiger partial charge in [-0.05, 0) is 36.2 Å². The van der Waals surface area contributed by atoms with Crippen molar-refractivity contribution >= 4 is 22.7 Å². The van der Waals surface area contributed by atoms with Crippen LogP contribution in [0, 0.1) is 0 Å². The van der Waals surface area contributed by atoms with Gasteiger partial charge in [-0.2, -0.15) is 0 Å². The quantitative estimate of drug-likeness (QED) is 0.521. The van der Waals surface area contributed by atoms with E-state index in [-0.39, 0.29) is 30.8 Å². The second kappa shape index (κ2) is 9.13. The summed E-state index contributed by atoms with van der Waals surface area (Å²) in [6, 6.07) is 14.1. The van der Waals surface area contributed by atoms with Crippen molar-refractivity contribution in [3.05, 3.63) is 70.0 Å². The molecule has 0 bridgehead atoms. The van der Waals surface area contributed by atoms with E-state index < -0.39 is 17.4 Å². The number of nitrogens with zero attached hydrogens (tertiary/aromatic N) is 1. The molecule has 0 aliphatic heterocycles. The Morgan fingerprint density at radius 1 is 1.13 bits per heavy atom. The molecule has 0 aliphatic carbocycles. The number of carbonyl (C=O) groups excluding carboxylic acids is 2. The number of amides is 2. The number of aryl methyl sites for hydroxylation is 1. The van der Waals surface area contributed by atoms with E-state index in [1.54, 1.807) is 31.4 Å². The molecular formula is C22H23N3O5. The van der Waals surface area contributed by atoms with Crippen LogP contribution in [0.3, 0.4) is 0 Å². The fourth-order valence-electron chi connectivity index (χ4n) is 3.24. The normalized spacial score (nSPS) is 10.7. The number of nitrogens with one attached hydrogen (secondary N) is 1. The highest BCUT2D eigenvalue weighted by atomic mass is 16.5. The number of nitrogens with two attached hydrogens (primary N) is 1. The van der Waals surface area contributed by atoms with Crippen LogP contribution in [0.2, 0.25) is 0 Å². The van der Waals surface area contributed by atoms with Gasteiger partial charge in [-0.15, -0.1) is 0 Å². The zero-order valence-electron chi connectivity index (χ0n) is 16.6. The van der Waals surface area contributed by atoms with Gasteiger partial charge in [-0.3, -0.25) is 14.4 Å². The fourth-order valence-corrected chi connectivity index (χ4v) is 3.24. The second-order valence-corrected chi connectivity index (χ2v) is 6.77. The number of carbonyl (C=O) groups is 2. The van der Waals surface area contributed by atoms with Gasteiger partial charge in [0.15, 0.2) is 0 Å². The number of aromatic hydroxyl groups is 1. The zero-order chi connectivity index (χ0) is 21.7. The smallest absolute Gasteiger partial charge is 0.267 e. The first-order valence-corrected chi connectivity index (χ1v) is 9.46. The van der Waals surface area contributed by atoms with Gasteiger partial charge in [-0.25, -0.2) is 0 Å². The van der Waals surface area contributed by atoms with E-state index in [1.165, 1.54) is 4.57 Å². The lowest BCUT2D eigenvalue weighted by Crippen LogP contribution is -2.35.